The van der Waals surface area contributed by atoms with Crippen LogP contribution in [0.25, 0.3) is 0 Å². The molecule has 2 aromatic rings. The zero-order valence-electron chi connectivity index (χ0n) is 9.40. The molecule has 1 aromatic heterocycles. The van der Waals surface area contributed by atoms with Crippen LogP contribution < -0.4 is 5.73 Å². The van der Waals surface area contributed by atoms with Gasteiger partial charge in [-0.2, -0.15) is 5.10 Å². The largest absolute Gasteiger partial charge is 0.322 e. The Morgan fingerprint density at radius 2 is 2.24 bits per heavy atom. The summed E-state index contributed by atoms with van der Waals surface area (Å²) in [7, 11) is 1.88. The Labute approximate surface area is 114 Å². The van der Waals surface area contributed by atoms with Crippen LogP contribution >= 0.6 is 27.5 Å². The number of hydrogen-bond acceptors (Lipinski definition) is 2. The molecule has 0 saturated carbocycles. The van der Waals surface area contributed by atoms with E-state index in [2.05, 4.69) is 21.0 Å². The number of nitrogens with two attached hydrogens (primary N) is 1. The van der Waals surface area contributed by atoms with Crippen molar-refractivity contribution in [2.45, 2.75) is 12.5 Å². The summed E-state index contributed by atoms with van der Waals surface area (Å²) >= 11 is 9.53. The summed E-state index contributed by atoms with van der Waals surface area (Å²) in [4.78, 5) is 0. The smallest absolute Gasteiger partial charge is 0.0795 e. The molecule has 1 aromatic carbocycles. The second kappa shape index (κ2) is 5.21. The van der Waals surface area contributed by atoms with E-state index in [1.807, 2.05) is 37.5 Å². The van der Waals surface area contributed by atoms with Crippen molar-refractivity contribution < 1.29 is 0 Å². The van der Waals surface area contributed by atoms with Gasteiger partial charge in [0.2, 0.25) is 0 Å². The topological polar surface area (TPSA) is 43.8 Å². The van der Waals surface area contributed by atoms with E-state index in [-0.39, 0.29) is 6.04 Å². The molecule has 90 valence electrons. The van der Waals surface area contributed by atoms with Gasteiger partial charge in [-0.1, -0.05) is 33.6 Å². The van der Waals surface area contributed by atoms with Crippen molar-refractivity contribution in [2.24, 2.45) is 12.8 Å². The summed E-state index contributed by atoms with van der Waals surface area (Å²) in [6.07, 6.45) is 2.57. The van der Waals surface area contributed by atoms with E-state index in [1.165, 1.54) is 0 Å². The molecule has 1 atom stereocenters. The molecule has 3 nitrogen and oxygen atoms in total. The minimum absolute atomic E-state index is 0.130. The molecule has 0 fully saturated rings. The van der Waals surface area contributed by atoms with Gasteiger partial charge in [-0.3, -0.25) is 4.68 Å². The summed E-state index contributed by atoms with van der Waals surface area (Å²) in [6, 6.07) is 7.62. The Kier molecular flexibility index (Phi) is 3.86. The third-order valence-corrected chi connectivity index (χ3v) is 3.41. The highest BCUT2D eigenvalue weighted by Gasteiger charge is 2.12. The van der Waals surface area contributed by atoms with Gasteiger partial charge in [0.1, 0.15) is 0 Å². The maximum absolute atomic E-state index is 6.16. The van der Waals surface area contributed by atoms with E-state index in [0.29, 0.717) is 6.42 Å². The molecular weight excluding hydrogens is 302 g/mol. The predicted octanol–water partition coefficient (Wildman–Crippen LogP) is 3.08. The normalized spacial score (nSPS) is 12.7. The van der Waals surface area contributed by atoms with Crippen molar-refractivity contribution in [2.75, 3.05) is 0 Å². The average Bonchev–Trinajstić information content (AvgIpc) is 2.69. The van der Waals surface area contributed by atoms with Gasteiger partial charge >= 0.3 is 0 Å². The van der Waals surface area contributed by atoms with Crippen LogP contribution in [0.3, 0.4) is 0 Å². The standard InChI is InChI=1S/C12H13BrClN3/c1-17-5-4-12(16-17)11(15)6-8-2-3-9(13)7-10(8)14/h2-5,7,11H,6,15H2,1H3. The Morgan fingerprint density at radius 3 is 2.82 bits per heavy atom. The molecule has 0 spiro atoms. The fourth-order valence-corrected chi connectivity index (χ4v) is 2.41. The number of aromatic nitrogens is 2. The predicted molar refractivity (Wildman–Crippen MR) is 73.0 cm³/mol. The fourth-order valence-electron chi connectivity index (χ4n) is 1.66. The lowest BCUT2D eigenvalue weighted by atomic mass is 10.0. The molecule has 0 bridgehead atoms. The van der Waals surface area contributed by atoms with Crippen molar-refractivity contribution in [3.05, 3.63) is 51.2 Å². The number of nitrogens with zero attached hydrogens (tertiary/aromatic N) is 2. The summed E-state index contributed by atoms with van der Waals surface area (Å²) in [5.74, 6) is 0. The van der Waals surface area contributed by atoms with Gasteiger partial charge in [0.25, 0.3) is 0 Å². The van der Waals surface area contributed by atoms with E-state index >= 15 is 0 Å². The first-order chi connectivity index (χ1) is 8.06. The van der Waals surface area contributed by atoms with Crippen LogP contribution in [0.4, 0.5) is 0 Å². The van der Waals surface area contributed by atoms with E-state index in [1.54, 1.807) is 4.68 Å². The molecule has 2 N–H and O–H groups in total. The van der Waals surface area contributed by atoms with Crippen molar-refractivity contribution >= 4 is 27.5 Å². The van der Waals surface area contributed by atoms with Gasteiger partial charge < -0.3 is 5.73 Å². The number of benzene rings is 1. The number of hydrogen-bond donors (Lipinski definition) is 1. The highest BCUT2D eigenvalue weighted by molar-refractivity contribution is 9.10. The molecule has 1 unspecified atom stereocenters. The van der Waals surface area contributed by atoms with E-state index in [9.17, 15) is 0 Å². The minimum Gasteiger partial charge on any atom is -0.322 e. The second-order valence-corrected chi connectivity index (χ2v) is 5.28. The molecule has 0 aliphatic carbocycles. The van der Waals surface area contributed by atoms with Crippen LogP contribution in [0, 0.1) is 0 Å². The lowest BCUT2D eigenvalue weighted by Gasteiger charge is -2.10. The van der Waals surface area contributed by atoms with Gasteiger partial charge in [-0.25, -0.2) is 0 Å². The number of aryl methyl sites for hydroxylation is 1. The monoisotopic (exact) mass is 313 g/mol. The average molecular weight is 315 g/mol. The Morgan fingerprint density at radius 1 is 1.47 bits per heavy atom. The fraction of sp³-hybridized carbons (Fsp3) is 0.250. The third kappa shape index (κ3) is 3.09. The van der Waals surface area contributed by atoms with Gasteiger partial charge in [-0.05, 0) is 30.2 Å². The van der Waals surface area contributed by atoms with Crippen LogP contribution in [-0.4, -0.2) is 9.78 Å². The quantitative estimate of drug-likeness (QED) is 0.946. The third-order valence-electron chi connectivity index (χ3n) is 2.57. The first kappa shape index (κ1) is 12.6. The van der Waals surface area contributed by atoms with Crippen molar-refractivity contribution in [1.82, 2.24) is 9.78 Å². The maximum Gasteiger partial charge on any atom is 0.0795 e. The van der Waals surface area contributed by atoms with Crippen molar-refractivity contribution in [3.63, 3.8) is 0 Å². The molecular formula is C12H13BrClN3. The molecule has 0 saturated heterocycles. The second-order valence-electron chi connectivity index (χ2n) is 3.96. The number of halogens is 2. The summed E-state index contributed by atoms with van der Waals surface area (Å²) in [5.41, 5.74) is 8.02. The van der Waals surface area contributed by atoms with Crippen molar-refractivity contribution in [1.29, 1.82) is 0 Å². The minimum atomic E-state index is -0.130. The molecule has 0 aliphatic heterocycles. The van der Waals surface area contributed by atoms with E-state index in [4.69, 9.17) is 17.3 Å². The molecule has 17 heavy (non-hydrogen) atoms. The number of rotatable bonds is 3. The molecule has 0 radical (unpaired) electrons. The molecule has 0 aliphatic rings. The Hall–Kier alpha value is -0.840. The van der Waals surface area contributed by atoms with Crippen LogP contribution in [0.1, 0.15) is 17.3 Å². The van der Waals surface area contributed by atoms with Gasteiger partial charge in [-0.15, -0.1) is 0 Å². The van der Waals surface area contributed by atoms with Crippen LogP contribution in [0.5, 0.6) is 0 Å². The Balaban J connectivity index is 2.15. The van der Waals surface area contributed by atoms with Gasteiger partial charge in [0, 0.05) is 22.7 Å². The lowest BCUT2D eigenvalue weighted by molar-refractivity contribution is 0.657. The summed E-state index contributed by atoms with van der Waals surface area (Å²) in [6.45, 7) is 0. The van der Waals surface area contributed by atoms with Gasteiger partial charge in [0.05, 0.1) is 11.7 Å². The summed E-state index contributed by atoms with van der Waals surface area (Å²) < 4.78 is 2.72. The van der Waals surface area contributed by atoms with Crippen molar-refractivity contribution in [3.8, 4) is 0 Å². The van der Waals surface area contributed by atoms with E-state index in [0.717, 1.165) is 20.8 Å². The summed E-state index contributed by atoms with van der Waals surface area (Å²) in [5, 5.41) is 5.02. The maximum atomic E-state index is 6.16. The zero-order chi connectivity index (χ0) is 12.4. The Bertz CT molecular complexity index is 524. The van der Waals surface area contributed by atoms with Crippen LogP contribution in [0.15, 0.2) is 34.9 Å². The SMILES string of the molecule is Cn1ccc(C(N)Cc2ccc(Br)cc2Cl)n1. The molecule has 0 amide bonds. The highest BCUT2D eigenvalue weighted by Crippen LogP contribution is 2.24. The van der Waals surface area contributed by atoms with Crippen LogP contribution in [-0.2, 0) is 13.5 Å². The van der Waals surface area contributed by atoms with E-state index < -0.39 is 0 Å². The highest BCUT2D eigenvalue weighted by atomic mass is 79.9. The zero-order valence-corrected chi connectivity index (χ0v) is 11.7. The molecule has 5 heteroatoms. The van der Waals surface area contributed by atoms with Crippen LogP contribution in [0.2, 0.25) is 5.02 Å². The first-order valence-electron chi connectivity index (χ1n) is 5.25. The molecule has 2 rings (SSSR count). The van der Waals surface area contributed by atoms with Gasteiger partial charge in [0.15, 0.2) is 0 Å². The lowest BCUT2D eigenvalue weighted by Crippen LogP contribution is -2.14. The molecule has 1 heterocycles. The first-order valence-corrected chi connectivity index (χ1v) is 6.42.